The van der Waals surface area contributed by atoms with Crippen molar-refractivity contribution < 1.29 is 4.79 Å². The second kappa shape index (κ2) is 1.79. The Balaban J connectivity index is 2.37. The van der Waals surface area contributed by atoms with Crippen LogP contribution in [0.2, 0.25) is 0 Å². The van der Waals surface area contributed by atoms with E-state index in [1.165, 1.54) is 0 Å². The van der Waals surface area contributed by atoms with Gasteiger partial charge in [-0.05, 0) is 12.0 Å². The number of carbonyl (C=O) groups excluding carboxylic acids is 1. The second-order valence-corrected chi connectivity index (χ2v) is 1.69. The summed E-state index contributed by atoms with van der Waals surface area (Å²) in [7, 11) is 0. The Hall–Kier alpha value is -1.10. The molecular weight excluding hydrogens is 102 g/mol. The third-order valence-electron chi connectivity index (χ3n) is 1.01. The Labute approximate surface area is 47.4 Å². The lowest BCUT2D eigenvalue weighted by Crippen LogP contribution is -1.90. The standard InChI is InChI=1S/C6H5NO/c7-4-3-6(8)5-1-2-5/h1H,2-3H2. The number of nitriles is 1. The van der Waals surface area contributed by atoms with Gasteiger partial charge in [0.25, 0.3) is 0 Å². The first-order valence-corrected chi connectivity index (χ1v) is 2.44. The highest BCUT2D eigenvalue weighted by atomic mass is 16.1. The van der Waals surface area contributed by atoms with Gasteiger partial charge >= 0.3 is 0 Å². The minimum atomic E-state index is -0.00694. The summed E-state index contributed by atoms with van der Waals surface area (Å²) in [6.07, 6.45) is 2.69. The van der Waals surface area contributed by atoms with Crippen molar-refractivity contribution in [3.8, 4) is 6.07 Å². The molecule has 0 N–H and O–H groups in total. The molecule has 0 amide bonds. The maximum Gasteiger partial charge on any atom is 0.172 e. The number of ketones is 1. The van der Waals surface area contributed by atoms with Crippen LogP contribution in [-0.2, 0) is 4.79 Å². The molecule has 0 atom stereocenters. The van der Waals surface area contributed by atoms with Gasteiger partial charge in [0, 0.05) is 0 Å². The highest BCUT2D eigenvalue weighted by molar-refractivity contribution is 6.00. The van der Waals surface area contributed by atoms with Gasteiger partial charge < -0.3 is 0 Å². The zero-order chi connectivity index (χ0) is 5.98. The third kappa shape index (κ3) is 0.941. The van der Waals surface area contributed by atoms with E-state index in [1.807, 2.05) is 6.08 Å². The molecule has 0 saturated heterocycles. The van der Waals surface area contributed by atoms with Gasteiger partial charge in [0.1, 0.15) is 0 Å². The second-order valence-electron chi connectivity index (χ2n) is 1.69. The molecule has 1 rings (SSSR count). The molecular formula is C6H5NO. The van der Waals surface area contributed by atoms with Crippen molar-refractivity contribution >= 4 is 5.78 Å². The fraction of sp³-hybridized carbons (Fsp3) is 0.333. The van der Waals surface area contributed by atoms with Crippen LogP contribution in [0, 0.1) is 11.3 Å². The first-order valence-electron chi connectivity index (χ1n) is 2.44. The molecule has 8 heavy (non-hydrogen) atoms. The van der Waals surface area contributed by atoms with Crippen LogP contribution in [0.15, 0.2) is 11.6 Å². The Morgan fingerprint density at radius 2 is 2.62 bits per heavy atom. The Morgan fingerprint density at radius 1 is 2.00 bits per heavy atom. The van der Waals surface area contributed by atoms with Crippen LogP contribution in [0.5, 0.6) is 0 Å². The van der Waals surface area contributed by atoms with Crippen molar-refractivity contribution in [3.63, 3.8) is 0 Å². The first-order chi connectivity index (χ1) is 3.84. The van der Waals surface area contributed by atoms with E-state index in [-0.39, 0.29) is 12.2 Å². The molecule has 40 valence electrons. The van der Waals surface area contributed by atoms with Crippen LogP contribution in [-0.4, -0.2) is 5.78 Å². The van der Waals surface area contributed by atoms with Gasteiger partial charge in [0.15, 0.2) is 5.78 Å². The van der Waals surface area contributed by atoms with Crippen molar-refractivity contribution in [2.24, 2.45) is 0 Å². The van der Waals surface area contributed by atoms with Crippen molar-refractivity contribution in [3.05, 3.63) is 11.6 Å². The van der Waals surface area contributed by atoms with Crippen LogP contribution in [0.4, 0.5) is 0 Å². The topological polar surface area (TPSA) is 40.9 Å². The van der Waals surface area contributed by atoms with E-state index < -0.39 is 0 Å². The lowest BCUT2D eigenvalue weighted by atomic mass is 10.2. The van der Waals surface area contributed by atoms with Gasteiger partial charge in [-0.1, -0.05) is 6.08 Å². The van der Waals surface area contributed by atoms with Crippen molar-refractivity contribution in [2.45, 2.75) is 12.8 Å². The Morgan fingerprint density at radius 3 is 3.00 bits per heavy atom. The number of rotatable bonds is 2. The van der Waals surface area contributed by atoms with Gasteiger partial charge in [-0.25, -0.2) is 0 Å². The molecule has 0 fully saturated rings. The smallest absolute Gasteiger partial charge is 0.172 e. The normalized spacial score (nSPS) is 14.1. The molecule has 0 aromatic rings. The fourth-order valence-electron chi connectivity index (χ4n) is 0.464. The van der Waals surface area contributed by atoms with Gasteiger partial charge in [-0.3, -0.25) is 4.79 Å². The molecule has 0 unspecified atom stereocenters. The van der Waals surface area contributed by atoms with Crippen molar-refractivity contribution in [1.82, 2.24) is 0 Å². The molecule has 0 aliphatic heterocycles. The minimum Gasteiger partial charge on any atom is -0.293 e. The highest BCUT2D eigenvalue weighted by Crippen LogP contribution is 2.19. The molecule has 0 heterocycles. The summed E-state index contributed by atoms with van der Waals surface area (Å²) in [5.74, 6) is -0.00694. The predicted molar refractivity (Wildman–Crippen MR) is 27.9 cm³/mol. The molecule has 0 bridgehead atoms. The molecule has 0 spiro atoms. The summed E-state index contributed by atoms with van der Waals surface area (Å²) in [5.41, 5.74) is 0.826. The molecule has 1 aliphatic rings. The number of nitrogens with zero attached hydrogens (tertiary/aromatic N) is 1. The molecule has 0 saturated carbocycles. The van der Waals surface area contributed by atoms with Crippen LogP contribution in [0.25, 0.3) is 0 Å². The zero-order valence-corrected chi connectivity index (χ0v) is 4.35. The minimum absolute atomic E-state index is 0.00694. The monoisotopic (exact) mass is 107 g/mol. The third-order valence-corrected chi connectivity index (χ3v) is 1.01. The van der Waals surface area contributed by atoms with E-state index in [0.29, 0.717) is 0 Å². The maximum absolute atomic E-state index is 10.5. The average Bonchev–Trinajstić information content (AvgIpc) is 2.45. The van der Waals surface area contributed by atoms with Gasteiger partial charge in [-0.15, -0.1) is 0 Å². The lowest BCUT2D eigenvalue weighted by molar-refractivity contribution is -0.114. The average molecular weight is 107 g/mol. The molecule has 0 radical (unpaired) electrons. The highest BCUT2D eigenvalue weighted by Gasteiger charge is 2.15. The van der Waals surface area contributed by atoms with E-state index in [9.17, 15) is 4.79 Å². The number of allylic oxidation sites excluding steroid dienone is 2. The first kappa shape index (κ1) is 5.04. The van der Waals surface area contributed by atoms with Crippen LogP contribution in [0.3, 0.4) is 0 Å². The summed E-state index contributed by atoms with van der Waals surface area (Å²) >= 11 is 0. The number of hydrogen-bond donors (Lipinski definition) is 0. The van der Waals surface area contributed by atoms with Crippen LogP contribution < -0.4 is 0 Å². The summed E-state index contributed by atoms with van der Waals surface area (Å²) in [5, 5.41) is 8.02. The predicted octanol–water partition coefficient (Wildman–Crippen LogP) is 0.799. The van der Waals surface area contributed by atoms with E-state index in [1.54, 1.807) is 6.07 Å². The summed E-state index contributed by atoms with van der Waals surface area (Å²) < 4.78 is 0. The van der Waals surface area contributed by atoms with Gasteiger partial charge in [-0.2, -0.15) is 5.26 Å². The number of Topliss-reactive ketones (excluding diaryl/α,β-unsaturated/α-hetero) is 1. The number of hydrogen-bond acceptors (Lipinski definition) is 2. The molecule has 2 nitrogen and oxygen atoms in total. The Bertz CT molecular complexity index is 185. The SMILES string of the molecule is N#CCC(=O)C1=CC1. The van der Waals surface area contributed by atoms with E-state index in [0.717, 1.165) is 12.0 Å². The van der Waals surface area contributed by atoms with Crippen molar-refractivity contribution in [2.75, 3.05) is 0 Å². The molecule has 1 aliphatic carbocycles. The molecule has 2 heteroatoms. The maximum atomic E-state index is 10.5. The molecule has 0 aromatic carbocycles. The van der Waals surface area contributed by atoms with Gasteiger partial charge in [0.2, 0.25) is 0 Å². The summed E-state index contributed by atoms with van der Waals surface area (Å²) in [4.78, 5) is 10.5. The van der Waals surface area contributed by atoms with E-state index in [4.69, 9.17) is 5.26 Å². The Kier molecular flexibility index (Phi) is 1.13. The van der Waals surface area contributed by atoms with Crippen LogP contribution in [0.1, 0.15) is 12.8 Å². The molecule has 0 aromatic heterocycles. The van der Waals surface area contributed by atoms with Crippen LogP contribution >= 0.6 is 0 Å². The fourth-order valence-corrected chi connectivity index (χ4v) is 0.464. The summed E-state index contributed by atoms with van der Waals surface area (Å²) in [6.45, 7) is 0. The number of carbonyl (C=O) groups is 1. The van der Waals surface area contributed by atoms with E-state index >= 15 is 0 Å². The zero-order valence-electron chi connectivity index (χ0n) is 4.35. The van der Waals surface area contributed by atoms with E-state index in [2.05, 4.69) is 0 Å². The van der Waals surface area contributed by atoms with Crippen molar-refractivity contribution in [1.29, 1.82) is 5.26 Å². The lowest BCUT2D eigenvalue weighted by Gasteiger charge is -1.78. The largest absolute Gasteiger partial charge is 0.293 e. The quantitative estimate of drug-likeness (QED) is 0.523. The van der Waals surface area contributed by atoms with Gasteiger partial charge in [0.05, 0.1) is 12.5 Å². The summed E-state index contributed by atoms with van der Waals surface area (Å²) in [6, 6.07) is 1.80.